The van der Waals surface area contributed by atoms with Gasteiger partial charge in [-0.05, 0) is 18.9 Å². The summed E-state index contributed by atoms with van der Waals surface area (Å²) in [5, 5.41) is 18.6. The molecule has 0 amide bonds. The third-order valence-electron chi connectivity index (χ3n) is 2.80. The molecule has 2 rings (SSSR count). The number of hydrogen-bond acceptors (Lipinski definition) is 3. The summed E-state index contributed by atoms with van der Waals surface area (Å²) in [6.45, 7) is 0. The summed E-state index contributed by atoms with van der Waals surface area (Å²) in [5.41, 5.74) is -1.93. The number of aliphatic imine (C=N–C) groups is 1. The van der Waals surface area contributed by atoms with E-state index in [4.69, 9.17) is 5.11 Å². The second-order valence-electron chi connectivity index (χ2n) is 4.42. The molecule has 2 N–H and O–H groups in total. The van der Waals surface area contributed by atoms with E-state index in [-0.39, 0.29) is 12.1 Å². The number of hydrogen-bond donors (Lipinski definition) is 2. The highest BCUT2D eigenvalue weighted by molar-refractivity contribution is 6.14. The summed E-state index contributed by atoms with van der Waals surface area (Å²) in [4.78, 5) is 14.8. The molecule has 1 aromatic carbocycles. The lowest BCUT2D eigenvalue weighted by Crippen LogP contribution is -2.09. The lowest BCUT2D eigenvalue weighted by Gasteiger charge is -2.07. The molecule has 0 aliphatic heterocycles. The highest BCUT2D eigenvalue weighted by Gasteiger charge is 2.25. The van der Waals surface area contributed by atoms with Gasteiger partial charge in [-0.25, -0.2) is 22.4 Å². The zero-order chi connectivity index (χ0) is 15.7. The molecular weight excluding hydrogens is 294 g/mol. The Morgan fingerprint density at radius 1 is 1.14 bits per heavy atom. The molecule has 0 bridgehead atoms. The minimum absolute atomic E-state index is 0.0845. The summed E-state index contributed by atoms with van der Waals surface area (Å²) in [6.07, 6.45) is 2.28. The maximum atomic E-state index is 13.5. The molecule has 0 radical (unpaired) electrons. The van der Waals surface area contributed by atoms with Crippen LogP contribution in [-0.2, 0) is 4.79 Å². The molecular formula is C13H9F4NO3. The molecule has 8 heteroatoms. The molecule has 1 aliphatic carbocycles. The van der Waals surface area contributed by atoms with Crippen LogP contribution < -0.4 is 0 Å². The number of carbonyl (C=O) groups is 1. The predicted molar refractivity (Wildman–Crippen MR) is 65.0 cm³/mol. The van der Waals surface area contributed by atoms with Gasteiger partial charge < -0.3 is 10.2 Å². The van der Waals surface area contributed by atoms with Gasteiger partial charge >= 0.3 is 5.97 Å². The quantitative estimate of drug-likeness (QED) is 0.224. The topological polar surface area (TPSA) is 69.9 Å². The van der Waals surface area contributed by atoms with E-state index in [1.807, 2.05) is 0 Å². The molecule has 0 unspecified atom stereocenters. The fourth-order valence-corrected chi connectivity index (χ4v) is 1.51. The molecule has 1 saturated carbocycles. The normalized spacial score (nSPS) is 16.2. The van der Waals surface area contributed by atoms with Crippen molar-refractivity contribution < 1.29 is 32.6 Å². The van der Waals surface area contributed by atoms with Crippen LogP contribution in [0.3, 0.4) is 0 Å². The molecule has 0 spiro atoms. The van der Waals surface area contributed by atoms with Crippen LogP contribution >= 0.6 is 0 Å². The average Bonchev–Trinajstić information content (AvgIpc) is 3.24. The Hall–Kier alpha value is -2.38. The number of carboxylic acid groups (broad SMARTS) is 1. The van der Waals surface area contributed by atoms with E-state index < -0.39 is 46.1 Å². The van der Waals surface area contributed by atoms with Crippen LogP contribution in [0.5, 0.6) is 0 Å². The van der Waals surface area contributed by atoms with Gasteiger partial charge in [0.2, 0.25) is 0 Å². The first-order chi connectivity index (χ1) is 9.82. The van der Waals surface area contributed by atoms with Gasteiger partial charge in [-0.2, -0.15) is 0 Å². The Labute approximate surface area is 116 Å². The predicted octanol–water partition coefficient (Wildman–Crippen LogP) is 2.83. The van der Waals surface area contributed by atoms with Crippen molar-refractivity contribution in [3.05, 3.63) is 40.5 Å². The zero-order valence-electron chi connectivity index (χ0n) is 10.4. The fraction of sp³-hybridized carbons (Fsp3) is 0.231. The number of rotatable bonds is 4. The number of nitrogens with zero attached hydrogens (tertiary/aromatic N) is 1. The average molecular weight is 303 g/mol. The number of halogens is 4. The highest BCUT2D eigenvalue weighted by Crippen LogP contribution is 2.26. The third-order valence-corrected chi connectivity index (χ3v) is 2.80. The summed E-state index contributed by atoms with van der Waals surface area (Å²) in [6, 6.07) is 0.0930. The molecule has 0 atom stereocenters. The van der Waals surface area contributed by atoms with Crippen LogP contribution in [0.25, 0.3) is 5.76 Å². The summed E-state index contributed by atoms with van der Waals surface area (Å²) in [5.74, 6) is -10.7. The van der Waals surface area contributed by atoms with Crippen molar-refractivity contribution in [2.45, 2.75) is 18.9 Å². The van der Waals surface area contributed by atoms with Crippen LogP contribution in [0, 0.1) is 23.3 Å². The second kappa shape index (κ2) is 5.55. The van der Waals surface area contributed by atoms with Gasteiger partial charge in [0, 0.05) is 6.21 Å². The van der Waals surface area contributed by atoms with Crippen LogP contribution in [0.2, 0.25) is 0 Å². The Bertz CT molecular complexity index is 666. The SMILES string of the molecule is O=C(O)/C(C=NC1CC1)=C(/O)c1cc(F)c(F)c(F)c1F. The van der Waals surface area contributed by atoms with Crippen LogP contribution in [0.4, 0.5) is 17.6 Å². The number of aliphatic hydroxyl groups excluding tert-OH is 1. The van der Waals surface area contributed by atoms with Crippen LogP contribution in [0.1, 0.15) is 18.4 Å². The lowest BCUT2D eigenvalue weighted by atomic mass is 10.1. The maximum Gasteiger partial charge on any atom is 0.341 e. The number of benzene rings is 1. The smallest absolute Gasteiger partial charge is 0.341 e. The summed E-state index contributed by atoms with van der Waals surface area (Å²) in [7, 11) is 0. The first-order valence-corrected chi connectivity index (χ1v) is 5.86. The summed E-state index contributed by atoms with van der Waals surface area (Å²) < 4.78 is 52.5. The first kappa shape index (κ1) is 15.0. The Morgan fingerprint density at radius 2 is 1.76 bits per heavy atom. The third kappa shape index (κ3) is 3.04. The van der Waals surface area contributed by atoms with Gasteiger partial charge in [0.05, 0.1) is 11.6 Å². The largest absolute Gasteiger partial charge is 0.506 e. The minimum Gasteiger partial charge on any atom is -0.506 e. The van der Waals surface area contributed by atoms with Gasteiger partial charge in [0.25, 0.3) is 0 Å². The molecule has 21 heavy (non-hydrogen) atoms. The standard InChI is InChI=1S/C13H9F4NO3/c14-8-3-6(9(15)11(17)10(8)16)12(19)7(13(20)21)4-18-5-1-2-5/h3-5,19H,1-2H2,(H,20,21)/b12-7+,18-4?. The lowest BCUT2D eigenvalue weighted by molar-refractivity contribution is -0.132. The minimum atomic E-state index is -2.14. The Kier molecular flexibility index (Phi) is 3.97. The monoisotopic (exact) mass is 303 g/mol. The van der Waals surface area contributed by atoms with Gasteiger partial charge in [0.15, 0.2) is 23.3 Å². The molecule has 1 fully saturated rings. The molecule has 1 aromatic rings. The van der Waals surface area contributed by atoms with E-state index >= 15 is 0 Å². The van der Waals surface area contributed by atoms with E-state index in [2.05, 4.69) is 4.99 Å². The van der Waals surface area contributed by atoms with Crippen molar-refractivity contribution in [1.29, 1.82) is 0 Å². The summed E-state index contributed by atoms with van der Waals surface area (Å²) >= 11 is 0. The highest BCUT2D eigenvalue weighted by atomic mass is 19.2. The van der Waals surface area contributed by atoms with Gasteiger partial charge in [0.1, 0.15) is 11.3 Å². The van der Waals surface area contributed by atoms with Crippen molar-refractivity contribution in [3.63, 3.8) is 0 Å². The Morgan fingerprint density at radius 3 is 2.29 bits per heavy atom. The number of carboxylic acids is 1. The second-order valence-corrected chi connectivity index (χ2v) is 4.42. The van der Waals surface area contributed by atoms with Crippen molar-refractivity contribution in [3.8, 4) is 0 Å². The number of aliphatic carboxylic acids is 1. The van der Waals surface area contributed by atoms with Gasteiger partial charge in [-0.1, -0.05) is 0 Å². The van der Waals surface area contributed by atoms with Gasteiger partial charge in [-0.3, -0.25) is 4.99 Å². The van der Waals surface area contributed by atoms with Crippen molar-refractivity contribution in [2.24, 2.45) is 4.99 Å². The van der Waals surface area contributed by atoms with E-state index in [1.54, 1.807) is 0 Å². The van der Waals surface area contributed by atoms with Gasteiger partial charge in [-0.15, -0.1) is 0 Å². The number of aliphatic hydroxyl groups is 1. The molecule has 4 nitrogen and oxygen atoms in total. The van der Waals surface area contributed by atoms with E-state index in [1.165, 1.54) is 0 Å². The molecule has 1 aliphatic rings. The fourth-order valence-electron chi connectivity index (χ4n) is 1.51. The van der Waals surface area contributed by atoms with E-state index in [0.717, 1.165) is 19.1 Å². The first-order valence-electron chi connectivity index (χ1n) is 5.86. The van der Waals surface area contributed by atoms with Crippen molar-refractivity contribution >= 4 is 17.9 Å². The van der Waals surface area contributed by atoms with Crippen molar-refractivity contribution in [2.75, 3.05) is 0 Å². The Balaban J connectivity index is 2.55. The maximum absolute atomic E-state index is 13.5. The molecule has 112 valence electrons. The van der Waals surface area contributed by atoms with E-state index in [0.29, 0.717) is 0 Å². The zero-order valence-corrected chi connectivity index (χ0v) is 10.4. The van der Waals surface area contributed by atoms with E-state index in [9.17, 15) is 27.5 Å². The van der Waals surface area contributed by atoms with Crippen LogP contribution in [0.15, 0.2) is 16.6 Å². The van der Waals surface area contributed by atoms with Crippen LogP contribution in [-0.4, -0.2) is 28.4 Å². The molecule has 0 saturated heterocycles. The van der Waals surface area contributed by atoms with Crippen molar-refractivity contribution in [1.82, 2.24) is 0 Å². The molecule has 0 aromatic heterocycles. The molecule has 0 heterocycles.